The van der Waals surface area contributed by atoms with Gasteiger partial charge in [-0.2, -0.15) is 0 Å². The first kappa shape index (κ1) is 15.9. The largest absolute Gasteiger partial charge is 0.487 e. The molecule has 2 aromatic rings. The molecule has 1 aromatic carbocycles. The fraction of sp³-hybridized carbons (Fsp3) is 0.438. The smallest absolute Gasteiger partial charge is 0.131 e. The summed E-state index contributed by atoms with van der Waals surface area (Å²) in [6.07, 6.45) is 2.39. The van der Waals surface area contributed by atoms with Gasteiger partial charge in [-0.1, -0.05) is 13.8 Å². The van der Waals surface area contributed by atoms with E-state index < -0.39 is 0 Å². The molecule has 114 valence electrons. The lowest BCUT2D eigenvalue weighted by molar-refractivity contribution is 0.297. The molecular formula is C16H21FN2OS. The first-order valence-electron chi connectivity index (χ1n) is 7.22. The number of nitrogens with zero attached hydrogens (tertiary/aromatic N) is 1. The standard InChI is InChI=1S/C16H21FN2OS/c1-3-13(18)8-11-7-12(17)5-6-15(11)20-9-14-10-21-16(4-2)19-14/h5-7,10,13H,3-4,8-9,18H2,1-2H3. The SMILES string of the molecule is CCc1nc(COc2ccc(F)cc2CC(N)CC)cs1. The van der Waals surface area contributed by atoms with Crippen LogP contribution in [0, 0.1) is 5.82 Å². The van der Waals surface area contributed by atoms with Crippen LogP contribution >= 0.6 is 11.3 Å². The minimum Gasteiger partial charge on any atom is -0.487 e. The maximum atomic E-state index is 13.4. The number of halogens is 1. The van der Waals surface area contributed by atoms with Gasteiger partial charge in [-0.3, -0.25) is 0 Å². The van der Waals surface area contributed by atoms with Gasteiger partial charge in [-0.05, 0) is 43.0 Å². The second kappa shape index (κ2) is 7.52. The van der Waals surface area contributed by atoms with Gasteiger partial charge in [-0.25, -0.2) is 9.37 Å². The van der Waals surface area contributed by atoms with Gasteiger partial charge in [0.1, 0.15) is 18.2 Å². The van der Waals surface area contributed by atoms with E-state index in [1.54, 1.807) is 17.4 Å². The van der Waals surface area contributed by atoms with Gasteiger partial charge in [0.2, 0.25) is 0 Å². The lowest BCUT2D eigenvalue weighted by Gasteiger charge is -2.14. The number of hydrogen-bond donors (Lipinski definition) is 1. The van der Waals surface area contributed by atoms with Gasteiger partial charge in [0.25, 0.3) is 0 Å². The van der Waals surface area contributed by atoms with E-state index in [0.717, 1.165) is 29.1 Å². The van der Waals surface area contributed by atoms with Crippen molar-refractivity contribution in [2.45, 2.75) is 45.8 Å². The molecule has 21 heavy (non-hydrogen) atoms. The summed E-state index contributed by atoms with van der Waals surface area (Å²) >= 11 is 1.63. The van der Waals surface area contributed by atoms with Gasteiger partial charge in [-0.15, -0.1) is 11.3 Å². The van der Waals surface area contributed by atoms with E-state index in [9.17, 15) is 4.39 Å². The van der Waals surface area contributed by atoms with Crippen LogP contribution in [0.15, 0.2) is 23.6 Å². The Balaban J connectivity index is 2.07. The number of nitrogens with two attached hydrogens (primary N) is 1. The minimum absolute atomic E-state index is 0.0140. The summed E-state index contributed by atoms with van der Waals surface area (Å²) in [4.78, 5) is 4.46. The fourth-order valence-electron chi connectivity index (χ4n) is 2.00. The zero-order chi connectivity index (χ0) is 15.2. The maximum absolute atomic E-state index is 13.4. The van der Waals surface area contributed by atoms with Crippen LogP contribution in [0.4, 0.5) is 4.39 Å². The third kappa shape index (κ3) is 4.51. The molecule has 1 heterocycles. The third-order valence-electron chi connectivity index (χ3n) is 3.31. The number of rotatable bonds is 7. The molecule has 0 aliphatic carbocycles. The quantitative estimate of drug-likeness (QED) is 0.848. The van der Waals surface area contributed by atoms with Crippen LogP contribution in [0.1, 0.15) is 36.5 Å². The van der Waals surface area contributed by atoms with Crippen molar-refractivity contribution in [3.05, 3.63) is 45.7 Å². The van der Waals surface area contributed by atoms with Crippen molar-refractivity contribution in [3.63, 3.8) is 0 Å². The monoisotopic (exact) mass is 308 g/mol. The van der Waals surface area contributed by atoms with Gasteiger partial charge in [0, 0.05) is 11.4 Å². The van der Waals surface area contributed by atoms with Crippen molar-refractivity contribution in [3.8, 4) is 5.75 Å². The van der Waals surface area contributed by atoms with E-state index in [4.69, 9.17) is 10.5 Å². The molecule has 2 rings (SSSR count). The van der Waals surface area contributed by atoms with E-state index >= 15 is 0 Å². The highest BCUT2D eigenvalue weighted by Gasteiger charge is 2.10. The summed E-state index contributed by atoms with van der Waals surface area (Å²) in [6, 6.07) is 4.60. The number of ether oxygens (including phenoxy) is 1. The van der Waals surface area contributed by atoms with Crippen molar-refractivity contribution in [1.29, 1.82) is 0 Å². The minimum atomic E-state index is -0.261. The lowest BCUT2D eigenvalue weighted by atomic mass is 10.0. The first-order valence-corrected chi connectivity index (χ1v) is 8.10. The average Bonchev–Trinajstić information content (AvgIpc) is 2.94. The van der Waals surface area contributed by atoms with Crippen LogP contribution in [0.25, 0.3) is 0 Å². The second-order valence-electron chi connectivity index (χ2n) is 5.00. The number of hydrogen-bond acceptors (Lipinski definition) is 4. The molecule has 0 saturated carbocycles. The number of aryl methyl sites for hydroxylation is 1. The molecule has 2 N–H and O–H groups in total. The van der Waals surface area contributed by atoms with Crippen molar-refractivity contribution in [2.24, 2.45) is 5.73 Å². The molecule has 3 nitrogen and oxygen atoms in total. The predicted octanol–water partition coefficient (Wildman–Crippen LogP) is 3.70. The van der Waals surface area contributed by atoms with Crippen molar-refractivity contribution in [1.82, 2.24) is 4.98 Å². The Kier molecular flexibility index (Phi) is 5.70. The lowest BCUT2D eigenvalue weighted by Crippen LogP contribution is -2.21. The highest BCUT2D eigenvalue weighted by atomic mass is 32.1. The van der Waals surface area contributed by atoms with E-state index in [-0.39, 0.29) is 11.9 Å². The average molecular weight is 308 g/mol. The molecule has 1 atom stereocenters. The first-order chi connectivity index (χ1) is 10.1. The molecule has 1 unspecified atom stereocenters. The molecule has 0 aliphatic rings. The maximum Gasteiger partial charge on any atom is 0.131 e. The van der Waals surface area contributed by atoms with Crippen LogP contribution in [-0.4, -0.2) is 11.0 Å². The van der Waals surface area contributed by atoms with E-state index in [0.29, 0.717) is 18.8 Å². The summed E-state index contributed by atoms with van der Waals surface area (Å²) < 4.78 is 19.2. The van der Waals surface area contributed by atoms with E-state index in [2.05, 4.69) is 11.9 Å². The zero-order valence-corrected chi connectivity index (χ0v) is 13.3. The molecular weight excluding hydrogens is 287 g/mol. The Morgan fingerprint density at radius 1 is 1.38 bits per heavy atom. The number of thiazole rings is 1. The van der Waals surface area contributed by atoms with Crippen LogP contribution in [0.3, 0.4) is 0 Å². The summed E-state index contributed by atoms with van der Waals surface area (Å²) in [7, 11) is 0. The van der Waals surface area contributed by atoms with Crippen molar-refractivity contribution in [2.75, 3.05) is 0 Å². The molecule has 0 radical (unpaired) electrons. The summed E-state index contributed by atoms with van der Waals surface area (Å²) in [5, 5.41) is 3.10. The van der Waals surface area contributed by atoms with Gasteiger partial charge >= 0.3 is 0 Å². The number of benzene rings is 1. The molecule has 0 bridgehead atoms. The second-order valence-corrected chi connectivity index (χ2v) is 5.94. The zero-order valence-electron chi connectivity index (χ0n) is 12.4. The fourth-order valence-corrected chi connectivity index (χ4v) is 2.73. The third-order valence-corrected chi connectivity index (χ3v) is 4.35. The highest BCUT2D eigenvalue weighted by molar-refractivity contribution is 7.09. The van der Waals surface area contributed by atoms with E-state index in [1.807, 2.05) is 12.3 Å². The van der Waals surface area contributed by atoms with Gasteiger partial charge in [0.05, 0.1) is 10.7 Å². The predicted molar refractivity (Wildman–Crippen MR) is 84.2 cm³/mol. The topological polar surface area (TPSA) is 48.1 Å². The molecule has 0 fully saturated rings. The molecule has 1 aromatic heterocycles. The number of aromatic nitrogens is 1. The van der Waals surface area contributed by atoms with Gasteiger partial charge in [0.15, 0.2) is 0 Å². The van der Waals surface area contributed by atoms with Crippen LogP contribution in [0.2, 0.25) is 0 Å². The molecule has 0 saturated heterocycles. The molecule has 5 heteroatoms. The van der Waals surface area contributed by atoms with Crippen molar-refractivity contribution >= 4 is 11.3 Å². The molecule has 0 amide bonds. The Labute approximate surface area is 129 Å². The Hall–Kier alpha value is -1.46. The summed E-state index contributed by atoms with van der Waals surface area (Å²) in [5.41, 5.74) is 7.69. The Morgan fingerprint density at radius 2 is 2.19 bits per heavy atom. The van der Waals surface area contributed by atoms with Gasteiger partial charge < -0.3 is 10.5 Å². The summed E-state index contributed by atoms with van der Waals surface area (Å²) in [5.74, 6) is 0.425. The van der Waals surface area contributed by atoms with Crippen LogP contribution in [-0.2, 0) is 19.4 Å². The normalized spacial score (nSPS) is 12.4. The van der Waals surface area contributed by atoms with Crippen LogP contribution in [0.5, 0.6) is 5.75 Å². The highest BCUT2D eigenvalue weighted by Crippen LogP contribution is 2.23. The van der Waals surface area contributed by atoms with Crippen LogP contribution < -0.4 is 10.5 Å². The summed E-state index contributed by atoms with van der Waals surface area (Å²) in [6.45, 7) is 4.50. The molecule has 0 spiro atoms. The molecule has 0 aliphatic heterocycles. The Morgan fingerprint density at radius 3 is 2.86 bits per heavy atom. The van der Waals surface area contributed by atoms with E-state index in [1.165, 1.54) is 12.1 Å². The Bertz CT molecular complexity index is 585. The van der Waals surface area contributed by atoms with Crippen molar-refractivity contribution < 1.29 is 9.13 Å².